The zero-order valence-electron chi connectivity index (χ0n) is 16.8. The van der Waals surface area contributed by atoms with Gasteiger partial charge < -0.3 is 9.47 Å². The second-order valence-corrected chi connectivity index (χ2v) is 6.46. The summed E-state index contributed by atoms with van der Waals surface area (Å²) in [4.78, 5) is 24.5. The Labute approximate surface area is 175 Å². The molecule has 3 rings (SSSR count). The maximum Gasteiger partial charge on any atom is 0.343 e. The minimum Gasteiger partial charge on any atom is -0.490 e. The Bertz CT molecular complexity index is 1060. The van der Waals surface area contributed by atoms with E-state index in [1.807, 2.05) is 32.0 Å². The van der Waals surface area contributed by atoms with Crippen LogP contribution in [0.15, 0.2) is 77.9 Å². The van der Waals surface area contributed by atoms with Gasteiger partial charge in [0.1, 0.15) is 0 Å². The van der Waals surface area contributed by atoms with Gasteiger partial charge in [-0.15, -0.1) is 0 Å². The molecule has 0 aromatic heterocycles. The number of hydrogen-bond acceptors (Lipinski definition) is 5. The molecule has 0 unspecified atom stereocenters. The minimum absolute atomic E-state index is 0.298. The fraction of sp³-hybridized carbons (Fsp3) is 0.125. The summed E-state index contributed by atoms with van der Waals surface area (Å²) in [7, 11) is 0. The maximum absolute atomic E-state index is 12.3. The Hall–Kier alpha value is -3.93. The van der Waals surface area contributed by atoms with Gasteiger partial charge in [0.2, 0.25) is 0 Å². The highest BCUT2D eigenvalue weighted by atomic mass is 16.6. The van der Waals surface area contributed by atoms with Gasteiger partial charge in [0.05, 0.1) is 18.4 Å². The highest BCUT2D eigenvalue weighted by Crippen LogP contribution is 2.29. The van der Waals surface area contributed by atoms with Crippen LogP contribution in [0.5, 0.6) is 11.5 Å². The second-order valence-electron chi connectivity index (χ2n) is 6.46. The maximum atomic E-state index is 12.3. The monoisotopic (exact) mass is 402 g/mol. The van der Waals surface area contributed by atoms with E-state index in [-0.39, 0.29) is 5.91 Å². The molecule has 0 saturated heterocycles. The smallest absolute Gasteiger partial charge is 0.343 e. The first-order valence-corrected chi connectivity index (χ1v) is 9.51. The molecule has 3 aromatic carbocycles. The van der Waals surface area contributed by atoms with Crippen molar-refractivity contribution in [1.82, 2.24) is 5.43 Å². The van der Waals surface area contributed by atoms with Gasteiger partial charge in [-0.25, -0.2) is 10.2 Å². The summed E-state index contributed by atoms with van der Waals surface area (Å²) in [5, 5.41) is 4.00. The lowest BCUT2D eigenvalue weighted by molar-refractivity contribution is 0.0728. The number of esters is 1. The van der Waals surface area contributed by atoms with Crippen molar-refractivity contribution >= 4 is 18.1 Å². The molecule has 1 amide bonds. The molecule has 0 aliphatic heterocycles. The van der Waals surface area contributed by atoms with Gasteiger partial charge >= 0.3 is 5.97 Å². The van der Waals surface area contributed by atoms with Crippen molar-refractivity contribution in [3.63, 3.8) is 0 Å². The highest BCUT2D eigenvalue weighted by Gasteiger charge is 2.13. The molecule has 0 bridgehead atoms. The molecule has 0 aliphatic rings. The molecule has 0 spiro atoms. The average Bonchev–Trinajstić information content (AvgIpc) is 2.76. The molecule has 1 N–H and O–H groups in total. The molecule has 152 valence electrons. The van der Waals surface area contributed by atoms with Crippen molar-refractivity contribution in [1.29, 1.82) is 0 Å². The van der Waals surface area contributed by atoms with Crippen LogP contribution in [-0.4, -0.2) is 24.7 Å². The molecule has 3 aromatic rings. The molecule has 6 heteroatoms. The zero-order valence-corrected chi connectivity index (χ0v) is 16.8. The summed E-state index contributed by atoms with van der Waals surface area (Å²) >= 11 is 0. The number of aryl methyl sites for hydroxylation is 1. The number of amides is 1. The zero-order chi connectivity index (χ0) is 21.3. The Morgan fingerprint density at radius 3 is 2.43 bits per heavy atom. The van der Waals surface area contributed by atoms with E-state index < -0.39 is 5.97 Å². The fourth-order valence-electron chi connectivity index (χ4n) is 2.71. The van der Waals surface area contributed by atoms with Gasteiger partial charge in [0.25, 0.3) is 5.91 Å². The lowest BCUT2D eigenvalue weighted by Gasteiger charge is -2.11. The third-order valence-electron chi connectivity index (χ3n) is 4.14. The molecule has 30 heavy (non-hydrogen) atoms. The Morgan fingerprint density at radius 2 is 1.70 bits per heavy atom. The SMILES string of the molecule is CCOc1cc(C=NNC(=O)c2cccc(C)c2)ccc1OC(=O)c1ccccc1. The van der Waals surface area contributed by atoms with Crippen LogP contribution in [0.25, 0.3) is 0 Å². The van der Waals surface area contributed by atoms with E-state index in [1.165, 1.54) is 6.21 Å². The molecule has 0 heterocycles. The fourth-order valence-corrected chi connectivity index (χ4v) is 2.71. The van der Waals surface area contributed by atoms with Gasteiger partial charge in [-0.2, -0.15) is 5.10 Å². The molecule has 0 fully saturated rings. The number of rotatable bonds is 7. The first-order chi connectivity index (χ1) is 14.6. The van der Waals surface area contributed by atoms with E-state index in [4.69, 9.17) is 9.47 Å². The van der Waals surface area contributed by atoms with Crippen molar-refractivity contribution in [3.8, 4) is 11.5 Å². The largest absolute Gasteiger partial charge is 0.490 e. The predicted octanol–water partition coefficient (Wildman–Crippen LogP) is 4.38. The summed E-state index contributed by atoms with van der Waals surface area (Å²) in [5.41, 5.74) is 5.16. The first-order valence-electron chi connectivity index (χ1n) is 9.51. The van der Waals surface area contributed by atoms with Crippen molar-refractivity contribution < 1.29 is 19.1 Å². The van der Waals surface area contributed by atoms with E-state index in [0.717, 1.165) is 5.56 Å². The van der Waals surface area contributed by atoms with E-state index in [0.29, 0.717) is 34.8 Å². The third-order valence-corrected chi connectivity index (χ3v) is 4.14. The van der Waals surface area contributed by atoms with Crippen LogP contribution >= 0.6 is 0 Å². The molecule has 0 saturated carbocycles. The topological polar surface area (TPSA) is 77.0 Å². The Balaban J connectivity index is 1.70. The molecular weight excluding hydrogens is 380 g/mol. The van der Waals surface area contributed by atoms with E-state index in [9.17, 15) is 9.59 Å². The van der Waals surface area contributed by atoms with Gasteiger partial charge in [-0.3, -0.25) is 4.79 Å². The van der Waals surface area contributed by atoms with Gasteiger partial charge in [0.15, 0.2) is 11.5 Å². The van der Waals surface area contributed by atoms with Gasteiger partial charge in [0, 0.05) is 5.56 Å². The summed E-state index contributed by atoms with van der Waals surface area (Å²) in [5.74, 6) is -0.0424. The van der Waals surface area contributed by atoms with Crippen LogP contribution in [0.2, 0.25) is 0 Å². The quantitative estimate of drug-likeness (QED) is 0.275. The number of hydrazone groups is 1. The standard InChI is InChI=1S/C24H22N2O4/c1-3-29-22-15-18(16-25-26-23(27)20-11-7-8-17(2)14-20)12-13-21(22)30-24(28)19-9-5-4-6-10-19/h4-16H,3H2,1-2H3,(H,26,27). The lowest BCUT2D eigenvalue weighted by Crippen LogP contribution is -2.17. The van der Waals surface area contributed by atoms with Crippen molar-refractivity contribution in [2.45, 2.75) is 13.8 Å². The van der Waals surface area contributed by atoms with Crippen LogP contribution in [0.1, 0.15) is 38.8 Å². The van der Waals surface area contributed by atoms with Crippen LogP contribution in [0, 0.1) is 6.92 Å². The summed E-state index contributed by atoms with van der Waals surface area (Å²) in [6.07, 6.45) is 1.50. The van der Waals surface area contributed by atoms with Crippen LogP contribution < -0.4 is 14.9 Å². The van der Waals surface area contributed by atoms with Crippen LogP contribution in [0.3, 0.4) is 0 Å². The summed E-state index contributed by atoms with van der Waals surface area (Å²) in [6.45, 7) is 4.16. The Morgan fingerprint density at radius 1 is 0.933 bits per heavy atom. The summed E-state index contributed by atoms with van der Waals surface area (Å²) < 4.78 is 11.1. The van der Waals surface area contributed by atoms with Gasteiger partial charge in [-0.05, 0) is 61.9 Å². The van der Waals surface area contributed by atoms with E-state index in [1.54, 1.807) is 54.6 Å². The normalized spacial score (nSPS) is 10.6. The number of carbonyl (C=O) groups excluding carboxylic acids is 2. The number of nitrogens with one attached hydrogen (secondary N) is 1. The third kappa shape index (κ3) is 5.54. The van der Waals surface area contributed by atoms with Crippen LogP contribution in [-0.2, 0) is 0 Å². The number of hydrogen-bond donors (Lipinski definition) is 1. The average molecular weight is 402 g/mol. The minimum atomic E-state index is -0.469. The summed E-state index contributed by atoms with van der Waals surface area (Å²) in [6, 6.07) is 21.0. The molecule has 0 radical (unpaired) electrons. The second kappa shape index (κ2) is 10.0. The van der Waals surface area contributed by atoms with E-state index >= 15 is 0 Å². The van der Waals surface area contributed by atoms with Gasteiger partial charge in [-0.1, -0.05) is 35.9 Å². The van der Waals surface area contributed by atoms with E-state index in [2.05, 4.69) is 10.5 Å². The number of nitrogens with zero attached hydrogens (tertiary/aromatic N) is 1. The van der Waals surface area contributed by atoms with Crippen molar-refractivity contribution in [2.24, 2.45) is 5.10 Å². The van der Waals surface area contributed by atoms with Crippen LogP contribution in [0.4, 0.5) is 0 Å². The number of benzene rings is 3. The van der Waals surface area contributed by atoms with Crippen molar-refractivity contribution in [3.05, 3.63) is 95.1 Å². The molecular formula is C24H22N2O4. The number of ether oxygens (including phenoxy) is 2. The van der Waals surface area contributed by atoms with Crippen molar-refractivity contribution in [2.75, 3.05) is 6.61 Å². The predicted molar refractivity (Wildman–Crippen MR) is 115 cm³/mol. The number of carbonyl (C=O) groups is 2. The Kier molecular flexibility index (Phi) is 6.95. The molecule has 0 atom stereocenters. The first kappa shape index (κ1) is 20.8. The molecule has 0 aliphatic carbocycles. The highest BCUT2D eigenvalue weighted by molar-refractivity contribution is 5.95. The molecule has 6 nitrogen and oxygen atoms in total. The lowest BCUT2D eigenvalue weighted by atomic mass is 10.1.